The van der Waals surface area contributed by atoms with Crippen LogP contribution in [0.5, 0.6) is 5.75 Å². The Bertz CT molecular complexity index is 406. The summed E-state index contributed by atoms with van der Waals surface area (Å²) in [5.41, 5.74) is 0.665. The Morgan fingerprint density at radius 3 is 2.68 bits per heavy atom. The molecule has 1 aromatic carbocycles. The van der Waals surface area contributed by atoms with Crippen LogP contribution in [0.4, 0.5) is 0 Å². The quantitative estimate of drug-likeness (QED) is 0.822. The van der Waals surface area contributed by atoms with Gasteiger partial charge in [-0.25, -0.2) is 0 Å². The average Bonchev–Trinajstić information content (AvgIpc) is 2.41. The highest BCUT2D eigenvalue weighted by atomic mass is 16.5. The zero-order chi connectivity index (χ0) is 14.3. The highest BCUT2D eigenvalue weighted by Gasteiger charge is 2.19. The number of phenols is 1. The van der Waals surface area contributed by atoms with Gasteiger partial charge >= 0.3 is 0 Å². The molecule has 106 valence electrons. The minimum absolute atomic E-state index is 0.0212. The first kappa shape index (κ1) is 15.5. The molecule has 0 saturated heterocycles. The Kier molecular flexibility index (Phi) is 6.36. The molecule has 0 aliphatic heterocycles. The van der Waals surface area contributed by atoms with Crippen LogP contribution < -0.4 is 0 Å². The number of carbonyl (C=O) groups is 1. The molecule has 0 bridgehead atoms. The summed E-state index contributed by atoms with van der Waals surface area (Å²) in [6.07, 6.45) is 1.12. The first-order valence-corrected chi connectivity index (χ1v) is 6.65. The van der Waals surface area contributed by atoms with E-state index in [1.165, 1.54) is 0 Å². The molecule has 0 heterocycles. The number of aromatic hydroxyl groups is 1. The second-order valence-electron chi connectivity index (χ2n) is 4.64. The Morgan fingerprint density at radius 1 is 1.42 bits per heavy atom. The third kappa shape index (κ3) is 4.56. The molecule has 1 N–H and O–H groups in total. The fraction of sp³-hybridized carbons (Fsp3) is 0.533. The molecule has 1 aromatic rings. The van der Waals surface area contributed by atoms with E-state index in [1.54, 1.807) is 25.3 Å². The van der Waals surface area contributed by atoms with Gasteiger partial charge < -0.3 is 14.7 Å². The molecule has 1 rings (SSSR count). The highest BCUT2D eigenvalue weighted by Crippen LogP contribution is 2.17. The largest absolute Gasteiger partial charge is 0.508 e. The fourth-order valence-corrected chi connectivity index (χ4v) is 1.93. The lowest BCUT2D eigenvalue weighted by Crippen LogP contribution is -2.41. The molecule has 1 amide bonds. The minimum atomic E-state index is 0.0212. The van der Waals surface area contributed by atoms with Crippen molar-refractivity contribution < 1.29 is 14.6 Å². The molecular weight excluding hydrogens is 242 g/mol. The van der Waals surface area contributed by atoms with Crippen molar-refractivity contribution in [1.82, 2.24) is 4.90 Å². The van der Waals surface area contributed by atoms with Crippen LogP contribution >= 0.6 is 0 Å². The van der Waals surface area contributed by atoms with Gasteiger partial charge in [0.25, 0.3) is 0 Å². The molecule has 0 aliphatic rings. The molecule has 0 fully saturated rings. The average molecular weight is 265 g/mol. The standard InChI is InChI=1S/C15H23NO3/c1-4-12(2)16(9-10-19-3)15(18)11-13-7-5-6-8-14(13)17/h5-8,12,17H,4,9-11H2,1-3H3. The van der Waals surface area contributed by atoms with E-state index in [-0.39, 0.29) is 24.1 Å². The van der Waals surface area contributed by atoms with Crippen LogP contribution in [0, 0.1) is 0 Å². The van der Waals surface area contributed by atoms with E-state index in [0.29, 0.717) is 18.7 Å². The van der Waals surface area contributed by atoms with Gasteiger partial charge in [0, 0.05) is 25.3 Å². The van der Waals surface area contributed by atoms with Crippen LogP contribution in [-0.4, -0.2) is 42.2 Å². The van der Waals surface area contributed by atoms with Crippen molar-refractivity contribution in [3.8, 4) is 5.75 Å². The van der Waals surface area contributed by atoms with Gasteiger partial charge in [0.15, 0.2) is 0 Å². The summed E-state index contributed by atoms with van der Waals surface area (Å²) in [7, 11) is 1.63. The number of ether oxygens (including phenoxy) is 1. The molecule has 0 spiro atoms. The normalized spacial score (nSPS) is 12.2. The highest BCUT2D eigenvalue weighted by molar-refractivity contribution is 5.79. The van der Waals surface area contributed by atoms with Crippen LogP contribution in [0.15, 0.2) is 24.3 Å². The molecule has 19 heavy (non-hydrogen) atoms. The number of para-hydroxylation sites is 1. The number of hydrogen-bond acceptors (Lipinski definition) is 3. The predicted molar refractivity (Wildman–Crippen MR) is 75.2 cm³/mol. The van der Waals surface area contributed by atoms with Crippen LogP contribution in [0.3, 0.4) is 0 Å². The molecule has 0 saturated carbocycles. The van der Waals surface area contributed by atoms with Crippen LogP contribution in [0.1, 0.15) is 25.8 Å². The van der Waals surface area contributed by atoms with Gasteiger partial charge in [-0.1, -0.05) is 25.1 Å². The third-order valence-corrected chi connectivity index (χ3v) is 3.31. The van der Waals surface area contributed by atoms with Crippen molar-refractivity contribution in [3.63, 3.8) is 0 Å². The summed E-state index contributed by atoms with van der Waals surface area (Å²) in [6.45, 7) is 5.19. The van der Waals surface area contributed by atoms with E-state index in [9.17, 15) is 9.90 Å². The maximum atomic E-state index is 12.3. The van der Waals surface area contributed by atoms with E-state index in [2.05, 4.69) is 6.92 Å². The van der Waals surface area contributed by atoms with Gasteiger partial charge in [-0.3, -0.25) is 4.79 Å². The number of phenolic OH excluding ortho intramolecular Hbond substituents is 1. The molecule has 4 heteroatoms. The monoisotopic (exact) mass is 265 g/mol. The van der Waals surface area contributed by atoms with Crippen molar-refractivity contribution >= 4 is 5.91 Å². The molecule has 4 nitrogen and oxygen atoms in total. The lowest BCUT2D eigenvalue weighted by atomic mass is 10.1. The lowest BCUT2D eigenvalue weighted by molar-refractivity contribution is -0.133. The summed E-state index contributed by atoms with van der Waals surface area (Å²) in [5, 5.41) is 9.72. The van der Waals surface area contributed by atoms with Crippen LogP contribution in [0.25, 0.3) is 0 Å². The summed E-state index contributed by atoms with van der Waals surface area (Å²) < 4.78 is 5.05. The first-order chi connectivity index (χ1) is 9.10. The van der Waals surface area contributed by atoms with E-state index >= 15 is 0 Å². The van der Waals surface area contributed by atoms with E-state index in [0.717, 1.165) is 6.42 Å². The van der Waals surface area contributed by atoms with Crippen molar-refractivity contribution in [2.24, 2.45) is 0 Å². The van der Waals surface area contributed by atoms with Crippen molar-refractivity contribution in [1.29, 1.82) is 0 Å². The molecule has 0 aliphatic carbocycles. The van der Waals surface area contributed by atoms with Gasteiger partial charge in [0.1, 0.15) is 5.75 Å². The maximum absolute atomic E-state index is 12.3. The second kappa shape index (κ2) is 7.79. The van der Waals surface area contributed by atoms with Gasteiger partial charge in [-0.15, -0.1) is 0 Å². The summed E-state index contributed by atoms with van der Waals surface area (Å²) in [6, 6.07) is 7.13. The first-order valence-electron chi connectivity index (χ1n) is 6.65. The van der Waals surface area contributed by atoms with Crippen molar-refractivity contribution in [3.05, 3.63) is 29.8 Å². The maximum Gasteiger partial charge on any atom is 0.227 e. The molecule has 0 radical (unpaired) electrons. The smallest absolute Gasteiger partial charge is 0.227 e. The van der Waals surface area contributed by atoms with Crippen LogP contribution in [0.2, 0.25) is 0 Å². The Labute approximate surface area is 115 Å². The van der Waals surface area contributed by atoms with E-state index in [1.807, 2.05) is 17.9 Å². The zero-order valence-corrected chi connectivity index (χ0v) is 11.9. The molecule has 1 atom stereocenters. The lowest BCUT2D eigenvalue weighted by Gasteiger charge is -2.28. The topological polar surface area (TPSA) is 49.8 Å². The molecule has 1 unspecified atom stereocenters. The summed E-state index contributed by atoms with van der Waals surface area (Å²) in [4.78, 5) is 14.1. The number of amides is 1. The predicted octanol–water partition coefficient (Wildman–Crippen LogP) is 2.21. The summed E-state index contributed by atoms with van der Waals surface area (Å²) in [5.74, 6) is 0.194. The fourth-order valence-electron chi connectivity index (χ4n) is 1.93. The SMILES string of the molecule is CCC(C)N(CCOC)C(=O)Cc1ccccc1O. The Morgan fingerprint density at radius 2 is 2.11 bits per heavy atom. The number of hydrogen-bond donors (Lipinski definition) is 1. The number of carbonyl (C=O) groups excluding carboxylic acids is 1. The minimum Gasteiger partial charge on any atom is -0.508 e. The van der Waals surface area contributed by atoms with Crippen molar-refractivity contribution in [2.75, 3.05) is 20.3 Å². The van der Waals surface area contributed by atoms with Crippen LogP contribution in [-0.2, 0) is 16.0 Å². The molecule has 0 aromatic heterocycles. The van der Waals surface area contributed by atoms with Gasteiger partial charge in [0.2, 0.25) is 5.91 Å². The number of nitrogens with zero attached hydrogens (tertiary/aromatic N) is 1. The molecular formula is C15H23NO3. The van der Waals surface area contributed by atoms with Gasteiger partial charge in [-0.05, 0) is 19.4 Å². The number of rotatable bonds is 7. The second-order valence-corrected chi connectivity index (χ2v) is 4.64. The Balaban J connectivity index is 2.74. The number of methoxy groups -OCH3 is 1. The zero-order valence-electron chi connectivity index (χ0n) is 11.9. The van der Waals surface area contributed by atoms with E-state index < -0.39 is 0 Å². The van der Waals surface area contributed by atoms with E-state index in [4.69, 9.17) is 4.74 Å². The van der Waals surface area contributed by atoms with Gasteiger partial charge in [-0.2, -0.15) is 0 Å². The van der Waals surface area contributed by atoms with Crippen molar-refractivity contribution in [2.45, 2.75) is 32.7 Å². The Hall–Kier alpha value is -1.55. The summed E-state index contributed by atoms with van der Waals surface area (Å²) >= 11 is 0. The third-order valence-electron chi connectivity index (χ3n) is 3.31. The number of benzene rings is 1. The van der Waals surface area contributed by atoms with Gasteiger partial charge in [0.05, 0.1) is 13.0 Å².